The summed E-state index contributed by atoms with van der Waals surface area (Å²) in [4.78, 5) is 12.7. The van der Waals surface area contributed by atoms with Gasteiger partial charge in [-0.15, -0.1) is 0 Å². The van der Waals surface area contributed by atoms with Gasteiger partial charge in [0.1, 0.15) is 0 Å². The second-order valence-electron chi connectivity index (χ2n) is 5.18. The van der Waals surface area contributed by atoms with Gasteiger partial charge < -0.3 is 0 Å². The molecule has 1 heterocycles. The normalized spacial score (nSPS) is 15.9. The Hall–Kier alpha value is -2.65. The number of hydrogen-bond donors (Lipinski definition) is 0. The number of benzene rings is 2. The van der Waals surface area contributed by atoms with Crippen molar-refractivity contribution < 1.29 is 4.79 Å². The average molecular weight is 323 g/mol. The molecule has 0 N–H and O–H groups in total. The quantitative estimate of drug-likeness (QED) is 0.748. The van der Waals surface area contributed by atoms with Crippen LogP contribution in [0.3, 0.4) is 0 Å². The number of carbonyl (C=O) groups is 1. The van der Waals surface area contributed by atoms with Gasteiger partial charge in [0, 0.05) is 0 Å². The van der Waals surface area contributed by atoms with Crippen LogP contribution in [-0.4, -0.2) is 11.6 Å². The monoisotopic (exact) mass is 322 g/mol. The standard InChI is InChI=1S/C19H15ClN2O/c1-3-14-8-10-15(11-9-14)12-16-13(2)21-22(19(16)23)18-7-5-4-6-17(18)20/h3-12H,1H2,2H3. The SMILES string of the molecule is C=Cc1ccc(C=C2C(=O)N(c3ccccc3Cl)N=C2C)cc1. The number of nitrogens with zero attached hydrogens (tertiary/aromatic N) is 2. The Balaban J connectivity index is 1.95. The minimum absolute atomic E-state index is 0.177. The van der Waals surface area contributed by atoms with Crippen molar-refractivity contribution in [1.82, 2.24) is 0 Å². The van der Waals surface area contributed by atoms with Crippen molar-refractivity contribution in [2.24, 2.45) is 5.10 Å². The summed E-state index contributed by atoms with van der Waals surface area (Å²) in [5.41, 5.74) is 3.80. The number of hydrazone groups is 1. The highest BCUT2D eigenvalue weighted by atomic mass is 35.5. The fourth-order valence-electron chi connectivity index (χ4n) is 2.37. The predicted octanol–water partition coefficient (Wildman–Crippen LogP) is 4.79. The van der Waals surface area contributed by atoms with Crippen LogP contribution in [-0.2, 0) is 4.79 Å². The Morgan fingerprint density at radius 2 is 1.74 bits per heavy atom. The van der Waals surface area contributed by atoms with Crippen molar-refractivity contribution in [1.29, 1.82) is 0 Å². The lowest BCUT2D eigenvalue weighted by atomic mass is 10.1. The van der Waals surface area contributed by atoms with Crippen LogP contribution >= 0.6 is 11.6 Å². The fourth-order valence-corrected chi connectivity index (χ4v) is 2.58. The molecule has 1 aliphatic heterocycles. The van der Waals surface area contributed by atoms with Crippen LogP contribution < -0.4 is 5.01 Å². The maximum absolute atomic E-state index is 12.7. The number of amides is 1. The van der Waals surface area contributed by atoms with E-state index in [-0.39, 0.29) is 5.91 Å². The van der Waals surface area contributed by atoms with Crippen molar-refractivity contribution in [3.63, 3.8) is 0 Å². The minimum atomic E-state index is -0.177. The zero-order chi connectivity index (χ0) is 16.4. The number of anilines is 1. The first kappa shape index (κ1) is 15.3. The van der Waals surface area contributed by atoms with E-state index in [9.17, 15) is 4.79 Å². The van der Waals surface area contributed by atoms with Gasteiger partial charge in [0.05, 0.1) is 22.0 Å². The summed E-state index contributed by atoms with van der Waals surface area (Å²) in [6, 6.07) is 15.0. The number of rotatable bonds is 3. The Morgan fingerprint density at radius 3 is 2.39 bits per heavy atom. The smallest absolute Gasteiger partial charge is 0.267 e. The van der Waals surface area contributed by atoms with Gasteiger partial charge in [0.25, 0.3) is 5.91 Å². The topological polar surface area (TPSA) is 32.7 Å². The Morgan fingerprint density at radius 1 is 1.09 bits per heavy atom. The van der Waals surface area contributed by atoms with E-state index >= 15 is 0 Å². The van der Waals surface area contributed by atoms with E-state index in [4.69, 9.17) is 11.6 Å². The maximum atomic E-state index is 12.7. The van der Waals surface area contributed by atoms with E-state index in [1.165, 1.54) is 5.01 Å². The van der Waals surface area contributed by atoms with Crippen molar-refractivity contribution in [3.8, 4) is 0 Å². The molecule has 0 atom stereocenters. The first-order chi connectivity index (χ1) is 11.1. The largest absolute Gasteiger partial charge is 0.280 e. The highest BCUT2D eigenvalue weighted by Gasteiger charge is 2.29. The molecule has 2 aromatic rings. The molecule has 0 saturated carbocycles. The molecule has 2 aromatic carbocycles. The summed E-state index contributed by atoms with van der Waals surface area (Å²) < 4.78 is 0. The van der Waals surface area contributed by atoms with E-state index in [2.05, 4.69) is 11.7 Å². The lowest BCUT2D eigenvalue weighted by Gasteiger charge is -2.13. The van der Waals surface area contributed by atoms with Gasteiger partial charge in [-0.05, 0) is 36.3 Å². The minimum Gasteiger partial charge on any atom is -0.267 e. The van der Waals surface area contributed by atoms with Crippen LogP contribution in [0, 0.1) is 0 Å². The van der Waals surface area contributed by atoms with Gasteiger partial charge >= 0.3 is 0 Å². The van der Waals surface area contributed by atoms with Crippen LogP contribution in [0.25, 0.3) is 12.2 Å². The van der Waals surface area contributed by atoms with Gasteiger partial charge in [-0.2, -0.15) is 10.1 Å². The molecule has 1 amide bonds. The lowest BCUT2D eigenvalue weighted by Crippen LogP contribution is -2.21. The number of halogens is 1. The van der Waals surface area contributed by atoms with Crippen LogP contribution in [0.4, 0.5) is 5.69 Å². The third-order valence-electron chi connectivity index (χ3n) is 3.63. The molecule has 0 saturated heterocycles. The van der Waals surface area contributed by atoms with Gasteiger partial charge in [-0.1, -0.05) is 60.7 Å². The molecular weight excluding hydrogens is 308 g/mol. The van der Waals surface area contributed by atoms with E-state index in [0.29, 0.717) is 22.0 Å². The van der Waals surface area contributed by atoms with Crippen LogP contribution in [0.15, 0.2) is 65.8 Å². The Labute approximate surface area is 140 Å². The zero-order valence-corrected chi connectivity index (χ0v) is 13.4. The zero-order valence-electron chi connectivity index (χ0n) is 12.7. The summed E-state index contributed by atoms with van der Waals surface area (Å²) in [5.74, 6) is -0.177. The van der Waals surface area contributed by atoms with Crippen LogP contribution in [0.2, 0.25) is 5.02 Å². The summed E-state index contributed by atoms with van der Waals surface area (Å²) in [7, 11) is 0. The summed E-state index contributed by atoms with van der Waals surface area (Å²) in [5, 5.41) is 6.19. The van der Waals surface area contributed by atoms with Crippen molar-refractivity contribution in [2.75, 3.05) is 5.01 Å². The average Bonchev–Trinajstić information content (AvgIpc) is 2.84. The molecular formula is C19H15ClN2O. The molecule has 23 heavy (non-hydrogen) atoms. The Kier molecular flexibility index (Phi) is 4.13. The molecule has 0 bridgehead atoms. The molecule has 1 aliphatic rings. The number of carbonyl (C=O) groups excluding carboxylic acids is 1. The van der Waals surface area contributed by atoms with Crippen LogP contribution in [0.1, 0.15) is 18.1 Å². The summed E-state index contributed by atoms with van der Waals surface area (Å²) in [6.07, 6.45) is 3.62. The summed E-state index contributed by atoms with van der Waals surface area (Å²) >= 11 is 6.17. The highest BCUT2D eigenvalue weighted by molar-refractivity contribution is 6.37. The van der Waals surface area contributed by atoms with E-state index in [0.717, 1.165) is 11.1 Å². The van der Waals surface area contributed by atoms with E-state index in [1.54, 1.807) is 18.2 Å². The predicted molar refractivity (Wildman–Crippen MR) is 96.6 cm³/mol. The van der Waals surface area contributed by atoms with Crippen molar-refractivity contribution in [3.05, 3.63) is 76.8 Å². The maximum Gasteiger partial charge on any atom is 0.280 e. The van der Waals surface area contributed by atoms with Crippen LogP contribution in [0.5, 0.6) is 0 Å². The number of hydrogen-bond acceptors (Lipinski definition) is 2. The second kappa shape index (κ2) is 6.23. The van der Waals surface area contributed by atoms with Gasteiger partial charge in [-0.3, -0.25) is 4.79 Å². The third-order valence-corrected chi connectivity index (χ3v) is 3.95. The molecule has 3 rings (SSSR count). The van der Waals surface area contributed by atoms with E-state index < -0.39 is 0 Å². The molecule has 3 nitrogen and oxygen atoms in total. The van der Waals surface area contributed by atoms with Gasteiger partial charge in [-0.25, -0.2) is 0 Å². The molecule has 0 aliphatic carbocycles. The molecule has 4 heteroatoms. The third kappa shape index (κ3) is 2.96. The summed E-state index contributed by atoms with van der Waals surface area (Å²) in [6.45, 7) is 5.55. The fraction of sp³-hybridized carbons (Fsp3) is 0.0526. The van der Waals surface area contributed by atoms with Crippen molar-refractivity contribution in [2.45, 2.75) is 6.92 Å². The first-order valence-corrected chi connectivity index (χ1v) is 7.56. The molecule has 0 spiro atoms. The molecule has 0 radical (unpaired) electrons. The molecule has 0 fully saturated rings. The van der Waals surface area contributed by atoms with Crippen molar-refractivity contribution >= 4 is 41.1 Å². The highest BCUT2D eigenvalue weighted by Crippen LogP contribution is 2.30. The molecule has 0 unspecified atom stereocenters. The van der Waals surface area contributed by atoms with E-state index in [1.807, 2.05) is 49.4 Å². The first-order valence-electron chi connectivity index (χ1n) is 7.19. The van der Waals surface area contributed by atoms with Gasteiger partial charge in [0.15, 0.2) is 0 Å². The Bertz CT molecular complexity index is 835. The number of para-hydroxylation sites is 1. The lowest BCUT2D eigenvalue weighted by molar-refractivity contribution is -0.114. The van der Waals surface area contributed by atoms with Gasteiger partial charge in [0.2, 0.25) is 0 Å². The molecule has 0 aromatic heterocycles. The molecule has 114 valence electrons. The second-order valence-corrected chi connectivity index (χ2v) is 5.59.